The van der Waals surface area contributed by atoms with E-state index in [0.29, 0.717) is 5.56 Å². The van der Waals surface area contributed by atoms with Crippen molar-refractivity contribution in [3.63, 3.8) is 0 Å². The van der Waals surface area contributed by atoms with Crippen molar-refractivity contribution in [2.45, 2.75) is 11.8 Å². The Morgan fingerprint density at radius 1 is 1.54 bits per heavy atom. The largest absolute Gasteiger partial charge is 0.302 e. The molecular formula is C7H7NO4S. The predicted octanol–water partition coefficient (Wildman–Crippen LogP) is 1.48. The summed E-state index contributed by atoms with van der Waals surface area (Å²) in [6.07, 6.45) is 0. The smallest absolute Gasteiger partial charge is 0.287 e. The van der Waals surface area contributed by atoms with Crippen LogP contribution in [0.1, 0.15) is 5.56 Å². The van der Waals surface area contributed by atoms with Crippen molar-refractivity contribution in [2.75, 3.05) is 0 Å². The zero-order valence-corrected chi connectivity index (χ0v) is 7.58. The monoisotopic (exact) mass is 201 g/mol. The highest BCUT2D eigenvalue weighted by Gasteiger charge is 2.17. The lowest BCUT2D eigenvalue weighted by atomic mass is 10.2. The molecule has 0 aliphatic rings. The first kappa shape index (κ1) is 9.82. The van der Waals surface area contributed by atoms with Crippen LogP contribution in [0.2, 0.25) is 0 Å². The van der Waals surface area contributed by atoms with Gasteiger partial charge in [0.1, 0.15) is 4.90 Å². The van der Waals surface area contributed by atoms with E-state index in [9.17, 15) is 14.3 Å². The first-order valence-electron chi connectivity index (χ1n) is 3.38. The number of aryl methyl sites for hydroxylation is 1. The van der Waals surface area contributed by atoms with E-state index in [4.69, 9.17) is 4.55 Å². The van der Waals surface area contributed by atoms with Crippen molar-refractivity contribution in [3.05, 3.63) is 33.9 Å². The molecule has 0 heterocycles. The fourth-order valence-corrected chi connectivity index (χ4v) is 1.52. The van der Waals surface area contributed by atoms with Crippen LogP contribution in [-0.2, 0) is 11.1 Å². The van der Waals surface area contributed by atoms with Crippen LogP contribution in [0, 0.1) is 17.0 Å². The Kier molecular flexibility index (Phi) is 2.74. The molecule has 0 saturated heterocycles. The van der Waals surface area contributed by atoms with Crippen LogP contribution >= 0.6 is 0 Å². The second kappa shape index (κ2) is 3.63. The van der Waals surface area contributed by atoms with Gasteiger partial charge in [-0.05, 0) is 18.6 Å². The average molecular weight is 201 g/mol. The molecule has 0 fully saturated rings. The van der Waals surface area contributed by atoms with Crippen LogP contribution < -0.4 is 0 Å². The van der Waals surface area contributed by atoms with Gasteiger partial charge in [-0.2, -0.15) is 0 Å². The summed E-state index contributed by atoms with van der Waals surface area (Å²) in [5.41, 5.74) is 0.384. The predicted molar refractivity (Wildman–Crippen MR) is 46.9 cm³/mol. The highest BCUT2D eigenvalue weighted by Crippen LogP contribution is 2.22. The third-order valence-electron chi connectivity index (χ3n) is 1.50. The molecule has 13 heavy (non-hydrogen) atoms. The molecule has 1 N–H and O–H groups in total. The summed E-state index contributed by atoms with van der Waals surface area (Å²) in [7, 11) is 0. The molecule has 1 unspecified atom stereocenters. The van der Waals surface area contributed by atoms with Gasteiger partial charge in [0.25, 0.3) is 5.69 Å². The van der Waals surface area contributed by atoms with E-state index in [-0.39, 0.29) is 10.6 Å². The second-order valence-corrected chi connectivity index (χ2v) is 3.42. The molecule has 1 aromatic carbocycles. The van der Waals surface area contributed by atoms with Gasteiger partial charge < -0.3 is 4.55 Å². The van der Waals surface area contributed by atoms with E-state index >= 15 is 0 Å². The van der Waals surface area contributed by atoms with Gasteiger partial charge in [-0.1, -0.05) is 6.07 Å². The van der Waals surface area contributed by atoms with Crippen LogP contribution in [-0.4, -0.2) is 13.7 Å². The van der Waals surface area contributed by atoms with Crippen molar-refractivity contribution in [2.24, 2.45) is 0 Å². The Hall–Kier alpha value is -1.27. The van der Waals surface area contributed by atoms with Gasteiger partial charge in [0, 0.05) is 6.07 Å². The van der Waals surface area contributed by atoms with Gasteiger partial charge in [-0.25, -0.2) is 4.21 Å². The molecule has 1 rings (SSSR count). The number of hydrogen-bond donors (Lipinski definition) is 1. The molecule has 1 atom stereocenters. The van der Waals surface area contributed by atoms with Crippen molar-refractivity contribution < 1.29 is 13.7 Å². The van der Waals surface area contributed by atoms with Crippen LogP contribution in [0.3, 0.4) is 0 Å². The molecule has 0 radical (unpaired) electrons. The van der Waals surface area contributed by atoms with Crippen molar-refractivity contribution in [1.29, 1.82) is 0 Å². The van der Waals surface area contributed by atoms with Crippen LogP contribution in [0.5, 0.6) is 0 Å². The number of benzene rings is 1. The van der Waals surface area contributed by atoms with Gasteiger partial charge in [-0.15, -0.1) is 0 Å². The molecule has 1 aromatic rings. The number of nitrogens with zero attached hydrogens (tertiary/aromatic N) is 1. The molecule has 0 aliphatic carbocycles. The summed E-state index contributed by atoms with van der Waals surface area (Å²) in [5.74, 6) is 0. The van der Waals surface area contributed by atoms with Gasteiger partial charge in [0.2, 0.25) is 0 Å². The maximum atomic E-state index is 10.7. The highest BCUT2D eigenvalue weighted by molar-refractivity contribution is 7.79. The molecule has 0 aliphatic heterocycles. The highest BCUT2D eigenvalue weighted by atomic mass is 32.2. The average Bonchev–Trinajstić information content (AvgIpc) is 2.03. The zero-order chi connectivity index (χ0) is 10.0. The lowest BCUT2D eigenvalue weighted by Gasteiger charge is -1.98. The van der Waals surface area contributed by atoms with Crippen molar-refractivity contribution in [3.8, 4) is 0 Å². The van der Waals surface area contributed by atoms with Crippen molar-refractivity contribution in [1.82, 2.24) is 0 Å². The SMILES string of the molecule is Cc1ccc([N+](=O)[O-])c(S(=O)O)c1. The topological polar surface area (TPSA) is 80.4 Å². The maximum Gasteiger partial charge on any atom is 0.287 e. The fourth-order valence-electron chi connectivity index (χ4n) is 0.912. The van der Waals surface area contributed by atoms with Crippen LogP contribution in [0.4, 0.5) is 5.69 Å². The molecule has 0 spiro atoms. The summed E-state index contributed by atoms with van der Waals surface area (Å²) < 4.78 is 19.4. The summed E-state index contributed by atoms with van der Waals surface area (Å²) >= 11 is -2.31. The molecular weight excluding hydrogens is 194 g/mol. The number of rotatable bonds is 2. The Bertz CT molecular complexity index is 377. The van der Waals surface area contributed by atoms with Crippen molar-refractivity contribution >= 4 is 16.8 Å². The lowest BCUT2D eigenvalue weighted by molar-refractivity contribution is -0.387. The summed E-state index contributed by atoms with van der Waals surface area (Å²) in [6, 6.07) is 4.07. The first-order chi connectivity index (χ1) is 6.02. The molecule has 5 nitrogen and oxygen atoms in total. The molecule has 0 saturated carbocycles. The minimum Gasteiger partial charge on any atom is -0.302 e. The van der Waals surface area contributed by atoms with Gasteiger partial charge in [0.15, 0.2) is 11.1 Å². The van der Waals surface area contributed by atoms with Gasteiger partial charge in [-0.3, -0.25) is 10.1 Å². The second-order valence-electron chi connectivity index (χ2n) is 2.48. The van der Waals surface area contributed by atoms with E-state index < -0.39 is 16.0 Å². The maximum absolute atomic E-state index is 10.7. The third-order valence-corrected chi connectivity index (χ3v) is 2.20. The quantitative estimate of drug-likeness (QED) is 0.446. The number of nitro groups is 1. The normalized spacial score (nSPS) is 12.5. The molecule has 0 aromatic heterocycles. The molecule has 70 valence electrons. The van der Waals surface area contributed by atoms with E-state index in [1.165, 1.54) is 18.2 Å². The van der Waals surface area contributed by atoms with E-state index in [0.717, 1.165) is 0 Å². The Labute approximate surface area is 76.8 Å². The molecule has 0 amide bonds. The first-order valence-corrected chi connectivity index (χ1v) is 4.49. The summed E-state index contributed by atoms with van der Waals surface area (Å²) in [6.45, 7) is 1.69. The minimum atomic E-state index is -2.31. The number of hydrogen-bond acceptors (Lipinski definition) is 3. The lowest BCUT2D eigenvalue weighted by Crippen LogP contribution is -1.97. The Morgan fingerprint density at radius 3 is 2.62 bits per heavy atom. The van der Waals surface area contributed by atoms with Crippen LogP contribution in [0.25, 0.3) is 0 Å². The third kappa shape index (κ3) is 2.10. The van der Waals surface area contributed by atoms with E-state index in [2.05, 4.69) is 0 Å². The summed E-state index contributed by atoms with van der Waals surface area (Å²) in [5, 5.41) is 10.4. The minimum absolute atomic E-state index is 0.162. The Balaban J connectivity index is 3.35. The van der Waals surface area contributed by atoms with Crippen LogP contribution in [0.15, 0.2) is 23.1 Å². The van der Waals surface area contributed by atoms with Gasteiger partial charge >= 0.3 is 0 Å². The molecule has 6 heteroatoms. The number of nitro benzene ring substituents is 1. The Morgan fingerprint density at radius 2 is 2.15 bits per heavy atom. The van der Waals surface area contributed by atoms with Gasteiger partial charge in [0.05, 0.1) is 4.92 Å². The fraction of sp³-hybridized carbons (Fsp3) is 0.143. The standard InChI is InChI=1S/C7H7NO4S/c1-5-2-3-6(8(9)10)7(4-5)13(11)12/h2-4H,1H3,(H,11,12). The zero-order valence-electron chi connectivity index (χ0n) is 6.76. The molecule has 0 bridgehead atoms. The summed E-state index contributed by atoms with van der Waals surface area (Å²) in [4.78, 5) is 9.56. The van der Waals surface area contributed by atoms with E-state index in [1.807, 2.05) is 0 Å². The van der Waals surface area contributed by atoms with E-state index in [1.54, 1.807) is 6.92 Å².